The minimum absolute atomic E-state index is 0.592. The number of imidazole rings is 1. The van der Waals surface area contributed by atoms with Crippen LogP contribution in [0.2, 0.25) is 0 Å². The summed E-state index contributed by atoms with van der Waals surface area (Å²) in [5.41, 5.74) is 7.03. The summed E-state index contributed by atoms with van der Waals surface area (Å²) in [4.78, 5) is 5.49. The highest BCUT2D eigenvalue weighted by atomic mass is 28.3. The van der Waals surface area contributed by atoms with E-state index < -0.39 is 8.07 Å². The van der Waals surface area contributed by atoms with E-state index in [1.54, 1.807) is 0 Å². The molecule has 214 valence electrons. The Kier molecular flexibility index (Phi) is 6.54. The summed E-state index contributed by atoms with van der Waals surface area (Å²) in [6, 6.07) is 58.9. The second kappa shape index (κ2) is 11.0. The van der Waals surface area contributed by atoms with Crippen LogP contribution in [0.3, 0.4) is 0 Å². The second-order valence-electron chi connectivity index (χ2n) is 11.4. The Labute approximate surface area is 268 Å². The fraction of sp³-hybridized carbons (Fsp3) is 0. The molecule has 0 bridgehead atoms. The SMILES string of the molecule is N#Cc1ccc2c(c1)[Si](c1ccccc1)(c1ccccc1)c1cc(C#N)ccc1-c1c-2nc(-c2ccccc2)n1-c1ccccc1. The first-order valence-electron chi connectivity index (χ1n) is 15.2. The van der Waals surface area contributed by atoms with Gasteiger partial charge in [-0.15, -0.1) is 0 Å². The van der Waals surface area contributed by atoms with E-state index in [4.69, 9.17) is 4.98 Å². The molecule has 1 aliphatic heterocycles. The van der Waals surface area contributed by atoms with Crippen LogP contribution >= 0.6 is 0 Å². The number of hydrogen-bond donors (Lipinski definition) is 0. The van der Waals surface area contributed by atoms with Crippen molar-refractivity contribution in [3.05, 3.63) is 169 Å². The summed E-state index contributed by atoms with van der Waals surface area (Å²) in [5.74, 6) is 0.830. The lowest BCUT2D eigenvalue weighted by atomic mass is 10.0. The molecule has 1 aromatic heterocycles. The first kappa shape index (κ1) is 27.3. The molecular weight excluding hydrogens is 577 g/mol. The second-order valence-corrected chi connectivity index (χ2v) is 15.1. The Hall–Kier alpha value is -6.27. The molecule has 7 aromatic rings. The number of hydrogen-bond acceptors (Lipinski definition) is 3. The van der Waals surface area contributed by atoms with Gasteiger partial charge in [-0.1, -0.05) is 121 Å². The summed E-state index contributed by atoms with van der Waals surface area (Å²) in [6.07, 6.45) is 0. The number of aromatic nitrogens is 2. The fourth-order valence-electron chi connectivity index (χ4n) is 7.04. The summed E-state index contributed by atoms with van der Waals surface area (Å²) < 4.78 is 2.26. The fourth-order valence-corrected chi connectivity index (χ4v) is 12.2. The Morgan fingerprint density at radius 1 is 0.522 bits per heavy atom. The zero-order valence-corrected chi connectivity index (χ0v) is 25.8. The van der Waals surface area contributed by atoms with Crippen LogP contribution in [0.4, 0.5) is 0 Å². The van der Waals surface area contributed by atoms with Crippen molar-refractivity contribution in [3.63, 3.8) is 0 Å². The van der Waals surface area contributed by atoms with Crippen molar-refractivity contribution >= 4 is 28.8 Å². The van der Waals surface area contributed by atoms with E-state index in [0.717, 1.165) is 50.0 Å². The van der Waals surface area contributed by atoms with Gasteiger partial charge in [0.15, 0.2) is 8.07 Å². The maximum absolute atomic E-state index is 10.3. The molecule has 8 rings (SSSR count). The highest BCUT2D eigenvalue weighted by Gasteiger charge is 2.48. The zero-order chi connectivity index (χ0) is 31.1. The third kappa shape index (κ3) is 4.08. The quantitative estimate of drug-likeness (QED) is 0.222. The molecule has 0 N–H and O–H groups in total. The van der Waals surface area contributed by atoms with Crippen LogP contribution in [0.25, 0.3) is 39.6 Å². The minimum atomic E-state index is -3.16. The van der Waals surface area contributed by atoms with Crippen molar-refractivity contribution in [1.29, 1.82) is 10.5 Å². The van der Waals surface area contributed by atoms with Crippen molar-refractivity contribution in [3.8, 4) is 51.7 Å². The van der Waals surface area contributed by atoms with Gasteiger partial charge in [0, 0.05) is 22.4 Å². The van der Waals surface area contributed by atoms with Crippen LogP contribution in [-0.2, 0) is 0 Å². The first-order valence-corrected chi connectivity index (χ1v) is 17.2. The van der Waals surface area contributed by atoms with Gasteiger partial charge in [-0.2, -0.15) is 10.5 Å². The Balaban J connectivity index is 1.64. The van der Waals surface area contributed by atoms with Gasteiger partial charge in [0.25, 0.3) is 0 Å². The Bertz CT molecular complexity index is 2280. The van der Waals surface area contributed by atoms with Crippen molar-refractivity contribution in [2.24, 2.45) is 0 Å². The van der Waals surface area contributed by atoms with Crippen molar-refractivity contribution < 1.29 is 0 Å². The highest BCUT2D eigenvalue weighted by molar-refractivity contribution is 7.21. The van der Waals surface area contributed by atoms with Crippen LogP contribution in [0.15, 0.2) is 158 Å². The van der Waals surface area contributed by atoms with E-state index in [2.05, 4.69) is 114 Å². The summed E-state index contributed by atoms with van der Waals surface area (Å²) in [6.45, 7) is 0. The maximum Gasteiger partial charge on any atom is 0.181 e. The lowest BCUT2D eigenvalue weighted by Crippen LogP contribution is -2.75. The Morgan fingerprint density at radius 2 is 1.00 bits per heavy atom. The molecule has 0 spiro atoms. The number of para-hydroxylation sites is 1. The highest BCUT2D eigenvalue weighted by Crippen LogP contribution is 2.41. The predicted molar refractivity (Wildman–Crippen MR) is 186 cm³/mol. The summed E-state index contributed by atoms with van der Waals surface area (Å²) >= 11 is 0. The number of fused-ring (bicyclic) bond motifs is 5. The third-order valence-corrected chi connectivity index (χ3v) is 13.8. The lowest BCUT2D eigenvalue weighted by molar-refractivity contribution is 1.07. The van der Waals surface area contributed by atoms with Gasteiger partial charge in [-0.25, -0.2) is 4.98 Å². The smallest absolute Gasteiger partial charge is 0.181 e. The van der Waals surface area contributed by atoms with Crippen LogP contribution < -0.4 is 20.7 Å². The summed E-state index contributed by atoms with van der Waals surface area (Å²) in [7, 11) is -3.16. The molecule has 0 fully saturated rings. The molecule has 6 aromatic carbocycles. The van der Waals surface area contributed by atoms with E-state index in [9.17, 15) is 10.5 Å². The molecule has 0 unspecified atom stereocenters. The molecule has 5 heteroatoms. The van der Waals surface area contributed by atoms with Crippen LogP contribution in [0.5, 0.6) is 0 Å². The topological polar surface area (TPSA) is 65.4 Å². The molecule has 46 heavy (non-hydrogen) atoms. The average Bonchev–Trinajstić information content (AvgIpc) is 3.50. The van der Waals surface area contributed by atoms with Gasteiger partial charge in [-0.05, 0) is 57.1 Å². The predicted octanol–water partition coefficient (Wildman–Crippen LogP) is 6.31. The normalized spacial score (nSPS) is 12.5. The molecule has 0 saturated heterocycles. The molecule has 4 nitrogen and oxygen atoms in total. The molecule has 1 aliphatic rings. The zero-order valence-electron chi connectivity index (χ0n) is 24.8. The van der Waals surface area contributed by atoms with E-state index in [1.165, 1.54) is 10.4 Å². The molecule has 0 saturated carbocycles. The van der Waals surface area contributed by atoms with Crippen molar-refractivity contribution in [1.82, 2.24) is 9.55 Å². The molecule has 2 heterocycles. The summed E-state index contributed by atoms with van der Waals surface area (Å²) in [5, 5.41) is 25.0. The van der Waals surface area contributed by atoms with Gasteiger partial charge in [-0.3, -0.25) is 4.57 Å². The molecule has 0 amide bonds. The number of benzene rings is 6. The van der Waals surface area contributed by atoms with Gasteiger partial charge in [0.1, 0.15) is 5.82 Å². The van der Waals surface area contributed by atoms with Crippen molar-refractivity contribution in [2.45, 2.75) is 0 Å². The average molecular weight is 603 g/mol. The largest absolute Gasteiger partial charge is 0.292 e. The van der Waals surface area contributed by atoms with Gasteiger partial charge in [0.2, 0.25) is 0 Å². The maximum atomic E-state index is 10.3. The number of nitriles is 2. The van der Waals surface area contributed by atoms with E-state index in [-0.39, 0.29) is 0 Å². The third-order valence-electron chi connectivity index (χ3n) is 8.95. The Morgan fingerprint density at radius 3 is 1.54 bits per heavy atom. The monoisotopic (exact) mass is 602 g/mol. The molecule has 0 aliphatic carbocycles. The number of nitrogens with zero attached hydrogens (tertiary/aromatic N) is 4. The minimum Gasteiger partial charge on any atom is -0.292 e. The van der Waals surface area contributed by atoms with Crippen LogP contribution in [0, 0.1) is 22.7 Å². The van der Waals surface area contributed by atoms with Gasteiger partial charge >= 0.3 is 0 Å². The van der Waals surface area contributed by atoms with E-state index >= 15 is 0 Å². The molecular formula is C41H26N4Si. The van der Waals surface area contributed by atoms with Crippen molar-refractivity contribution in [2.75, 3.05) is 0 Å². The molecule has 0 radical (unpaired) electrons. The van der Waals surface area contributed by atoms with Gasteiger partial charge in [0.05, 0.1) is 34.7 Å². The van der Waals surface area contributed by atoms with Crippen LogP contribution in [0.1, 0.15) is 11.1 Å². The standard InChI is InChI=1S/C41H26N4Si/c42-27-29-21-23-35-37(25-29)46(33-17-9-3-10-18-33,34-19-11-4-12-20-34)38-26-30(28-43)22-24-36(38)40-39(35)44-41(31-13-5-1-6-14-31)45(40)32-15-7-2-8-16-32/h1-26H. The van der Waals surface area contributed by atoms with E-state index in [0.29, 0.717) is 11.1 Å². The van der Waals surface area contributed by atoms with Gasteiger partial charge < -0.3 is 0 Å². The molecule has 0 atom stereocenters. The van der Waals surface area contributed by atoms with E-state index in [1.807, 2.05) is 60.7 Å². The number of rotatable bonds is 4. The first-order chi connectivity index (χ1) is 22.7. The lowest BCUT2D eigenvalue weighted by Gasteiger charge is -2.36. The van der Waals surface area contributed by atoms with Crippen LogP contribution in [-0.4, -0.2) is 17.6 Å².